The number of nitrogens with zero attached hydrogens (tertiary/aromatic N) is 1. The van der Waals surface area contributed by atoms with Crippen LogP contribution < -0.4 is 0 Å². The molecule has 5 aliphatic carbocycles. The van der Waals surface area contributed by atoms with Crippen LogP contribution in [0.25, 0.3) is 0 Å². The summed E-state index contributed by atoms with van der Waals surface area (Å²) in [5, 5.41) is 12.7. The van der Waals surface area contributed by atoms with Gasteiger partial charge in [0.1, 0.15) is 0 Å². The van der Waals surface area contributed by atoms with Crippen molar-refractivity contribution in [2.24, 2.45) is 46.1 Å². The van der Waals surface area contributed by atoms with E-state index in [4.69, 9.17) is 4.74 Å². The van der Waals surface area contributed by atoms with Crippen molar-refractivity contribution < 1.29 is 9.94 Å². The molecule has 5 unspecified atom stereocenters. The van der Waals surface area contributed by atoms with E-state index >= 15 is 0 Å². The lowest BCUT2D eigenvalue weighted by Gasteiger charge is -2.55. The third kappa shape index (κ3) is 1.74. The summed E-state index contributed by atoms with van der Waals surface area (Å²) < 4.78 is 6.37. The van der Waals surface area contributed by atoms with E-state index in [0.29, 0.717) is 5.41 Å². The summed E-state index contributed by atoms with van der Waals surface area (Å²) in [6.45, 7) is 3.37. The molecule has 0 bridgehead atoms. The molecule has 0 amide bonds. The van der Waals surface area contributed by atoms with E-state index in [-0.39, 0.29) is 5.60 Å². The van der Waals surface area contributed by atoms with Gasteiger partial charge in [0.05, 0.1) is 17.9 Å². The molecular formula is C22H29NO2. The Bertz CT molecular complexity index is 709. The fourth-order valence-corrected chi connectivity index (χ4v) is 8.13. The van der Waals surface area contributed by atoms with Crippen molar-refractivity contribution in [1.82, 2.24) is 0 Å². The minimum absolute atomic E-state index is 0.0480. The van der Waals surface area contributed by atoms with E-state index in [2.05, 4.69) is 30.3 Å². The van der Waals surface area contributed by atoms with Crippen molar-refractivity contribution in [3.8, 4) is 0 Å². The van der Waals surface area contributed by atoms with Crippen LogP contribution in [-0.2, 0) is 4.74 Å². The van der Waals surface area contributed by atoms with Gasteiger partial charge in [-0.3, -0.25) is 0 Å². The monoisotopic (exact) mass is 339 g/mol. The van der Waals surface area contributed by atoms with Crippen LogP contribution in [0.3, 0.4) is 0 Å². The largest absolute Gasteiger partial charge is 0.411 e. The Morgan fingerprint density at radius 2 is 2.08 bits per heavy atom. The Hall–Kier alpha value is -1.09. The number of hydrogen-bond donors (Lipinski definition) is 1. The van der Waals surface area contributed by atoms with Crippen LogP contribution in [0, 0.1) is 40.9 Å². The summed E-state index contributed by atoms with van der Waals surface area (Å²) in [5.41, 5.74) is 2.97. The van der Waals surface area contributed by atoms with Gasteiger partial charge in [-0.15, -0.1) is 0 Å². The molecule has 1 spiro atoms. The lowest BCUT2D eigenvalue weighted by molar-refractivity contribution is -0.113. The van der Waals surface area contributed by atoms with Crippen LogP contribution in [-0.4, -0.2) is 23.1 Å². The predicted molar refractivity (Wildman–Crippen MR) is 96.5 cm³/mol. The normalized spacial score (nSPS) is 57.0. The summed E-state index contributed by atoms with van der Waals surface area (Å²) in [6, 6.07) is 0. The molecule has 0 aromatic rings. The van der Waals surface area contributed by atoms with Gasteiger partial charge in [0, 0.05) is 5.41 Å². The highest BCUT2D eigenvalue weighted by molar-refractivity contribution is 5.96. The van der Waals surface area contributed by atoms with Crippen molar-refractivity contribution in [3.05, 3.63) is 23.8 Å². The first-order valence-corrected chi connectivity index (χ1v) is 10.4. The Labute approximate surface area is 150 Å². The zero-order valence-electron chi connectivity index (χ0n) is 15.2. The second kappa shape index (κ2) is 4.79. The Balaban J connectivity index is 1.37. The molecule has 1 aliphatic heterocycles. The van der Waals surface area contributed by atoms with Crippen LogP contribution in [0.1, 0.15) is 51.9 Å². The molecule has 25 heavy (non-hydrogen) atoms. The minimum atomic E-state index is 0.0480. The molecule has 6 rings (SSSR count). The molecule has 134 valence electrons. The maximum absolute atomic E-state index is 9.21. The summed E-state index contributed by atoms with van der Waals surface area (Å²) >= 11 is 0. The standard InChI is InChI=1S/C22H29NO2/c1-21-8-5-15-14-4-3-13(23-24)11-16(14)17-12-18(17)20(15)19(21)6-9-22(21)7-2-10-25-22/h2,7,11,14-15,17-20,24H,3-6,8-10,12H2,1H3/b23-13+/t14-,15?,17?,18?,19?,20?,21+,22+/m1/s1. The van der Waals surface area contributed by atoms with Crippen molar-refractivity contribution in [2.45, 2.75) is 57.5 Å². The predicted octanol–water partition coefficient (Wildman–Crippen LogP) is 4.57. The topological polar surface area (TPSA) is 41.8 Å². The van der Waals surface area contributed by atoms with Crippen LogP contribution in [0.15, 0.2) is 29.0 Å². The average Bonchev–Trinajstić information content (AvgIpc) is 3.20. The summed E-state index contributed by atoms with van der Waals surface area (Å²) in [4.78, 5) is 0. The molecule has 0 saturated heterocycles. The van der Waals surface area contributed by atoms with Gasteiger partial charge >= 0.3 is 0 Å². The first kappa shape index (κ1) is 15.0. The van der Waals surface area contributed by atoms with Crippen molar-refractivity contribution in [2.75, 3.05) is 6.61 Å². The van der Waals surface area contributed by atoms with E-state index in [0.717, 1.165) is 54.2 Å². The SMILES string of the molecule is C[C@]12CCC3C(C4CC4C4=C/C(=N/O)CC[C@@H]43)C1CC[C@@]21C=CCO1. The highest BCUT2D eigenvalue weighted by atomic mass is 16.5. The molecule has 3 nitrogen and oxygen atoms in total. The first-order valence-electron chi connectivity index (χ1n) is 10.4. The van der Waals surface area contributed by atoms with Crippen LogP contribution in [0.5, 0.6) is 0 Å². The number of oxime groups is 1. The second-order valence-electron chi connectivity index (χ2n) is 9.83. The highest BCUT2D eigenvalue weighted by Crippen LogP contribution is 2.72. The maximum Gasteiger partial charge on any atom is 0.0923 e. The minimum Gasteiger partial charge on any atom is -0.411 e. The fourth-order valence-electron chi connectivity index (χ4n) is 8.13. The molecule has 8 atom stereocenters. The van der Waals surface area contributed by atoms with E-state index in [1.165, 1.54) is 38.5 Å². The van der Waals surface area contributed by atoms with E-state index in [1.807, 2.05) is 0 Å². The average molecular weight is 339 g/mol. The molecule has 1 N–H and O–H groups in total. The van der Waals surface area contributed by atoms with Gasteiger partial charge in [-0.2, -0.15) is 0 Å². The number of rotatable bonds is 0. The molecular weight excluding hydrogens is 310 g/mol. The van der Waals surface area contributed by atoms with Crippen molar-refractivity contribution in [1.29, 1.82) is 0 Å². The Kier molecular flexibility index (Phi) is 2.88. The zero-order chi connectivity index (χ0) is 16.8. The quantitative estimate of drug-likeness (QED) is 0.399. The number of ether oxygens (including phenoxy) is 1. The lowest BCUT2D eigenvalue weighted by atomic mass is 9.50. The number of allylic oxidation sites excluding steroid dienone is 2. The molecule has 4 fully saturated rings. The second-order valence-corrected chi connectivity index (χ2v) is 9.83. The maximum atomic E-state index is 9.21. The van der Waals surface area contributed by atoms with Crippen molar-refractivity contribution >= 4 is 5.71 Å². The highest BCUT2D eigenvalue weighted by Gasteiger charge is 2.68. The zero-order valence-corrected chi connectivity index (χ0v) is 15.2. The van der Waals surface area contributed by atoms with Gasteiger partial charge in [-0.05, 0) is 86.5 Å². The summed E-state index contributed by atoms with van der Waals surface area (Å²) in [5.74, 6) is 5.08. The Morgan fingerprint density at radius 3 is 2.88 bits per heavy atom. The molecule has 0 radical (unpaired) electrons. The number of fused-ring (bicyclic) bond motifs is 9. The third-order valence-electron chi connectivity index (χ3n) is 9.27. The summed E-state index contributed by atoms with van der Waals surface area (Å²) in [6.07, 6.45) is 15.8. The van der Waals surface area contributed by atoms with Gasteiger partial charge in [0.2, 0.25) is 0 Å². The van der Waals surface area contributed by atoms with Gasteiger partial charge in [-0.1, -0.05) is 29.8 Å². The molecule has 0 aromatic carbocycles. The van der Waals surface area contributed by atoms with Crippen LogP contribution in [0.2, 0.25) is 0 Å². The van der Waals surface area contributed by atoms with E-state index in [9.17, 15) is 5.21 Å². The summed E-state index contributed by atoms with van der Waals surface area (Å²) in [7, 11) is 0. The molecule has 6 aliphatic rings. The van der Waals surface area contributed by atoms with Gasteiger partial charge in [-0.25, -0.2) is 0 Å². The molecule has 4 saturated carbocycles. The smallest absolute Gasteiger partial charge is 0.0923 e. The van der Waals surface area contributed by atoms with E-state index < -0.39 is 0 Å². The molecule has 3 heteroatoms. The molecule has 1 heterocycles. The lowest BCUT2D eigenvalue weighted by Crippen LogP contribution is -2.52. The van der Waals surface area contributed by atoms with Crippen LogP contribution >= 0.6 is 0 Å². The van der Waals surface area contributed by atoms with E-state index in [1.54, 1.807) is 5.57 Å². The number of hydrogen-bond acceptors (Lipinski definition) is 3. The van der Waals surface area contributed by atoms with Gasteiger partial charge < -0.3 is 9.94 Å². The Morgan fingerprint density at radius 1 is 1.16 bits per heavy atom. The molecule has 0 aromatic heterocycles. The van der Waals surface area contributed by atoms with Crippen molar-refractivity contribution in [3.63, 3.8) is 0 Å². The first-order chi connectivity index (χ1) is 12.2. The fraction of sp³-hybridized carbons (Fsp3) is 0.773. The van der Waals surface area contributed by atoms with Gasteiger partial charge in [0.15, 0.2) is 0 Å². The van der Waals surface area contributed by atoms with Gasteiger partial charge in [0.25, 0.3) is 0 Å². The third-order valence-corrected chi connectivity index (χ3v) is 9.27. The van der Waals surface area contributed by atoms with Crippen LogP contribution in [0.4, 0.5) is 0 Å².